The molecular formula is C27H27N5O3S. The van der Waals surface area contributed by atoms with Gasteiger partial charge in [0, 0.05) is 24.5 Å². The Morgan fingerprint density at radius 2 is 1.92 bits per heavy atom. The van der Waals surface area contributed by atoms with E-state index in [-0.39, 0.29) is 18.0 Å². The molecule has 3 N–H and O–H groups in total. The van der Waals surface area contributed by atoms with Gasteiger partial charge in [0.25, 0.3) is 5.91 Å². The lowest BCUT2D eigenvalue weighted by Gasteiger charge is -2.36. The van der Waals surface area contributed by atoms with E-state index in [1.807, 2.05) is 73.7 Å². The number of amides is 3. The average Bonchev–Trinajstić information content (AvgIpc) is 3.26. The van der Waals surface area contributed by atoms with E-state index in [0.717, 1.165) is 59.0 Å². The summed E-state index contributed by atoms with van der Waals surface area (Å²) in [5, 5.41) is 7.99. The summed E-state index contributed by atoms with van der Waals surface area (Å²) in [6.07, 6.45) is 1.96. The Morgan fingerprint density at radius 3 is 2.69 bits per heavy atom. The van der Waals surface area contributed by atoms with Gasteiger partial charge in [-0.25, -0.2) is 10.2 Å². The lowest BCUT2D eigenvalue weighted by Crippen LogP contribution is -2.58. The van der Waals surface area contributed by atoms with Crippen molar-refractivity contribution < 1.29 is 14.3 Å². The molecular weight excluding hydrogens is 474 g/mol. The van der Waals surface area contributed by atoms with E-state index in [9.17, 15) is 9.59 Å². The van der Waals surface area contributed by atoms with Crippen LogP contribution in [0.3, 0.4) is 0 Å². The SMILES string of the molecule is Cc1cc(Oc2ccccc2)ccc1C1C(=O)NN2c3c(cccc31)SN2C(=O)NC1CCCNC1. The highest BCUT2D eigenvalue weighted by atomic mass is 32.2. The zero-order chi connectivity index (χ0) is 24.6. The molecule has 8 nitrogen and oxygen atoms in total. The molecule has 2 atom stereocenters. The number of para-hydroxylation sites is 2. The second-order valence-corrected chi connectivity index (χ2v) is 10.2. The van der Waals surface area contributed by atoms with Gasteiger partial charge in [-0.05, 0) is 73.3 Å². The molecule has 3 aromatic carbocycles. The van der Waals surface area contributed by atoms with Gasteiger partial charge in [0.15, 0.2) is 0 Å². The van der Waals surface area contributed by atoms with Crippen LogP contribution in [0.5, 0.6) is 11.5 Å². The molecule has 3 aliphatic heterocycles. The molecule has 1 saturated heterocycles. The average molecular weight is 502 g/mol. The fourth-order valence-corrected chi connectivity index (χ4v) is 5.97. The third-order valence-corrected chi connectivity index (χ3v) is 7.76. The quantitative estimate of drug-likeness (QED) is 0.458. The minimum Gasteiger partial charge on any atom is -0.457 e. The van der Waals surface area contributed by atoms with Crippen molar-refractivity contribution in [2.45, 2.75) is 36.6 Å². The summed E-state index contributed by atoms with van der Waals surface area (Å²) < 4.78 is 7.48. The summed E-state index contributed by atoms with van der Waals surface area (Å²) in [4.78, 5) is 27.5. The fraction of sp³-hybridized carbons (Fsp3) is 0.259. The molecule has 3 heterocycles. The van der Waals surface area contributed by atoms with Crippen molar-refractivity contribution in [3.63, 3.8) is 0 Å². The summed E-state index contributed by atoms with van der Waals surface area (Å²) in [6.45, 7) is 3.71. The van der Waals surface area contributed by atoms with Crippen molar-refractivity contribution in [3.8, 4) is 11.5 Å². The number of hydrogen-bond acceptors (Lipinski definition) is 6. The van der Waals surface area contributed by atoms with Gasteiger partial charge in [-0.1, -0.05) is 36.4 Å². The molecule has 0 spiro atoms. The van der Waals surface area contributed by atoms with Crippen molar-refractivity contribution in [1.29, 1.82) is 0 Å². The summed E-state index contributed by atoms with van der Waals surface area (Å²) in [7, 11) is 0. The van der Waals surface area contributed by atoms with Crippen LogP contribution in [0.15, 0.2) is 71.6 Å². The first-order valence-corrected chi connectivity index (χ1v) is 12.9. The molecule has 0 bridgehead atoms. The Hall–Kier alpha value is -3.69. The number of rotatable bonds is 4. The molecule has 0 aliphatic carbocycles. The predicted octanol–water partition coefficient (Wildman–Crippen LogP) is 4.47. The number of hydrogen-bond donors (Lipinski definition) is 3. The van der Waals surface area contributed by atoms with Crippen LogP contribution in [0.1, 0.15) is 35.4 Å². The molecule has 0 radical (unpaired) electrons. The van der Waals surface area contributed by atoms with Gasteiger partial charge in [0.2, 0.25) is 0 Å². The highest BCUT2D eigenvalue weighted by molar-refractivity contribution is 7.98. The van der Waals surface area contributed by atoms with E-state index in [1.165, 1.54) is 16.4 Å². The molecule has 0 aromatic heterocycles. The number of piperidine rings is 1. The highest BCUT2D eigenvalue weighted by Gasteiger charge is 2.44. The summed E-state index contributed by atoms with van der Waals surface area (Å²) in [5.74, 6) is 0.803. The van der Waals surface area contributed by atoms with Gasteiger partial charge < -0.3 is 15.4 Å². The number of hydrazine groups is 2. The van der Waals surface area contributed by atoms with Crippen LogP contribution >= 0.6 is 11.9 Å². The molecule has 6 rings (SSSR count). The number of anilines is 1. The Morgan fingerprint density at radius 1 is 1.06 bits per heavy atom. The first-order chi connectivity index (χ1) is 17.6. The molecule has 36 heavy (non-hydrogen) atoms. The minimum absolute atomic E-state index is 0.0718. The molecule has 0 saturated carbocycles. The Kier molecular flexibility index (Phi) is 5.94. The van der Waals surface area contributed by atoms with Crippen LogP contribution in [0.25, 0.3) is 0 Å². The monoisotopic (exact) mass is 501 g/mol. The Bertz CT molecular complexity index is 1310. The van der Waals surface area contributed by atoms with E-state index in [4.69, 9.17) is 4.74 Å². The van der Waals surface area contributed by atoms with Gasteiger partial charge in [-0.3, -0.25) is 4.79 Å². The van der Waals surface area contributed by atoms with Crippen LogP contribution in [-0.4, -0.2) is 35.5 Å². The third-order valence-electron chi connectivity index (χ3n) is 6.73. The highest BCUT2D eigenvalue weighted by Crippen LogP contribution is 2.49. The van der Waals surface area contributed by atoms with Crippen LogP contribution in [0.2, 0.25) is 0 Å². The van der Waals surface area contributed by atoms with E-state index >= 15 is 0 Å². The number of benzene rings is 3. The molecule has 3 amide bonds. The predicted molar refractivity (Wildman–Crippen MR) is 139 cm³/mol. The largest absolute Gasteiger partial charge is 0.457 e. The van der Waals surface area contributed by atoms with Crippen molar-refractivity contribution >= 4 is 29.6 Å². The molecule has 184 valence electrons. The lowest BCUT2D eigenvalue weighted by molar-refractivity contribution is -0.122. The van der Waals surface area contributed by atoms with Crippen LogP contribution in [0.4, 0.5) is 10.5 Å². The molecule has 9 heteroatoms. The summed E-state index contributed by atoms with van der Waals surface area (Å²) >= 11 is 1.32. The van der Waals surface area contributed by atoms with E-state index in [2.05, 4.69) is 16.1 Å². The Labute approximate surface area is 214 Å². The first-order valence-electron chi connectivity index (χ1n) is 12.1. The smallest absolute Gasteiger partial charge is 0.348 e. The maximum Gasteiger partial charge on any atom is 0.348 e. The minimum atomic E-state index is -0.492. The molecule has 3 aliphatic rings. The Balaban J connectivity index is 1.27. The van der Waals surface area contributed by atoms with Gasteiger partial charge in [0.05, 0.1) is 10.8 Å². The topological polar surface area (TPSA) is 85.9 Å². The van der Waals surface area contributed by atoms with Gasteiger partial charge in [-0.15, -0.1) is 0 Å². The van der Waals surface area contributed by atoms with Crippen LogP contribution in [0, 0.1) is 6.92 Å². The third kappa shape index (κ3) is 4.14. The second kappa shape index (κ2) is 9.40. The van der Waals surface area contributed by atoms with Gasteiger partial charge >= 0.3 is 6.03 Å². The molecule has 2 unspecified atom stereocenters. The first kappa shape index (κ1) is 22.8. The van der Waals surface area contributed by atoms with Crippen molar-refractivity contribution in [1.82, 2.24) is 20.5 Å². The zero-order valence-electron chi connectivity index (χ0n) is 19.9. The number of ether oxygens (including phenoxy) is 1. The van der Waals surface area contributed by atoms with Gasteiger partial charge in [0.1, 0.15) is 17.2 Å². The maximum absolute atomic E-state index is 13.5. The molecule has 1 fully saturated rings. The summed E-state index contributed by atoms with van der Waals surface area (Å²) in [5.41, 5.74) is 6.54. The van der Waals surface area contributed by atoms with E-state index in [0.29, 0.717) is 5.75 Å². The fourth-order valence-electron chi connectivity index (χ4n) is 5.01. The zero-order valence-corrected chi connectivity index (χ0v) is 20.7. The van der Waals surface area contributed by atoms with E-state index in [1.54, 1.807) is 5.12 Å². The normalized spacial score (nSPS) is 20.5. The second-order valence-electron chi connectivity index (χ2n) is 9.21. The van der Waals surface area contributed by atoms with Crippen molar-refractivity contribution in [2.24, 2.45) is 0 Å². The number of carbonyl (C=O) groups excluding carboxylic acids is 2. The summed E-state index contributed by atoms with van der Waals surface area (Å²) in [6, 6.07) is 21.1. The number of nitrogens with zero attached hydrogens (tertiary/aromatic N) is 2. The number of carbonyl (C=O) groups is 2. The number of urea groups is 1. The van der Waals surface area contributed by atoms with Gasteiger partial charge in [-0.2, -0.15) is 9.53 Å². The van der Waals surface area contributed by atoms with E-state index < -0.39 is 5.92 Å². The standard InChI is InChI=1S/C27H27N5O3S/c1-17-15-20(35-19-8-3-2-4-9-19)12-13-21(17)24-22-10-5-11-23-25(22)31(30-26(24)33)32(36-23)27(34)29-18-7-6-14-28-16-18/h2-5,8-13,15,18,24,28H,6-7,14,16H2,1H3,(H,29,34)(H,30,33). The van der Waals surface area contributed by atoms with Crippen LogP contribution in [-0.2, 0) is 4.79 Å². The van der Waals surface area contributed by atoms with Crippen molar-refractivity contribution in [3.05, 3.63) is 83.4 Å². The van der Waals surface area contributed by atoms with Crippen LogP contribution < -0.4 is 25.9 Å². The molecule has 3 aromatic rings. The number of aryl methyl sites for hydroxylation is 1. The lowest BCUT2D eigenvalue weighted by atomic mass is 9.85. The maximum atomic E-state index is 13.5. The van der Waals surface area contributed by atoms with Crippen molar-refractivity contribution in [2.75, 3.05) is 18.2 Å². The number of nitrogens with one attached hydrogen (secondary N) is 3.